The van der Waals surface area contributed by atoms with E-state index in [0.717, 1.165) is 12.8 Å². The monoisotopic (exact) mass is 579 g/mol. The highest BCUT2D eigenvalue weighted by Crippen LogP contribution is 2.65. The first-order valence-corrected chi connectivity index (χ1v) is 13.7. The number of fused-ring (bicyclic) bond motifs is 1. The Bertz CT molecular complexity index is 1520. The second kappa shape index (κ2) is 8.92. The molecule has 0 aromatic carbocycles. The number of carbonyl (C=O) groups is 2. The van der Waals surface area contributed by atoms with E-state index in [4.69, 9.17) is 4.63 Å². The number of nitrogens with zero attached hydrogens (tertiary/aromatic N) is 5. The normalized spacial score (nSPS) is 28.7. The molecule has 4 atom stereocenters. The number of rotatable bonds is 6. The molecule has 2 amide bonds. The molecule has 3 saturated carbocycles. The van der Waals surface area contributed by atoms with Crippen LogP contribution in [-0.2, 0) is 4.79 Å². The van der Waals surface area contributed by atoms with Gasteiger partial charge in [0.2, 0.25) is 11.8 Å². The second-order valence-corrected chi connectivity index (χ2v) is 11.9. The molecule has 0 bridgehead atoms. The predicted molar refractivity (Wildman–Crippen MR) is 129 cm³/mol. The highest BCUT2D eigenvalue weighted by atomic mass is 19.4. The maximum atomic E-state index is 14.0. The predicted octanol–water partition coefficient (Wildman–Crippen LogP) is 4.21. The lowest BCUT2D eigenvalue weighted by Crippen LogP contribution is -2.38. The lowest BCUT2D eigenvalue weighted by molar-refractivity contribution is -0.155. The summed E-state index contributed by atoms with van der Waals surface area (Å²) in [5, 5.41) is 17.0. The summed E-state index contributed by atoms with van der Waals surface area (Å²) in [6.07, 6.45) is -0.0226. The van der Waals surface area contributed by atoms with E-state index in [1.807, 2.05) is 0 Å². The Labute approximate surface area is 229 Å². The zero-order valence-electron chi connectivity index (χ0n) is 21.6. The standard InChI is InChI=1S/C26H26F5N7O3/c27-25(28)5-3-13(4-6-25)19(35-22(39)21-20(12-1-2-12)36-41-37-21)16-11-38-18(33-16)7-14(10-32-38)15-8-24(15)9-17(26(29,30)31)34-23(24)40/h7,10-13,15,17,19H,1-6,8-9H2,(H,34,40)(H,35,39)/t15-,17-,19-,24+/m0/s1. The van der Waals surface area contributed by atoms with Crippen molar-refractivity contribution in [2.75, 3.05) is 0 Å². The molecule has 4 heterocycles. The fraction of sp³-hybridized carbons (Fsp3) is 0.615. The molecule has 218 valence electrons. The molecular formula is C26H26F5N7O3. The molecule has 0 unspecified atom stereocenters. The molecule has 3 aromatic rings. The van der Waals surface area contributed by atoms with Gasteiger partial charge in [-0.15, -0.1) is 0 Å². The number of alkyl halides is 5. The summed E-state index contributed by atoms with van der Waals surface area (Å²) in [5.74, 6) is -4.57. The van der Waals surface area contributed by atoms with E-state index in [1.165, 1.54) is 10.7 Å². The number of imidazole rings is 1. The van der Waals surface area contributed by atoms with Crippen LogP contribution in [0.4, 0.5) is 22.0 Å². The number of hydrogen-bond donors (Lipinski definition) is 2. The van der Waals surface area contributed by atoms with Crippen molar-refractivity contribution in [3.63, 3.8) is 0 Å². The third kappa shape index (κ3) is 4.62. The van der Waals surface area contributed by atoms with Crippen molar-refractivity contribution in [3.05, 3.63) is 41.1 Å². The molecule has 1 aliphatic heterocycles. The van der Waals surface area contributed by atoms with Crippen molar-refractivity contribution in [2.45, 2.75) is 87.4 Å². The van der Waals surface area contributed by atoms with Gasteiger partial charge >= 0.3 is 6.18 Å². The van der Waals surface area contributed by atoms with Crippen molar-refractivity contribution >= 4 is 17.5 Å². The molecule has 1 saturated heterocycles. The van der Waals surface area contributed by atoms with Crippen LogP contribution in [0.2, 0.25) is 0 Å². The molecule has 1 spiro atoms. The Morgan fingerprint density at radius 1 is 1.15 bits per heavy atom. The van der Waals surface area contributed by atoms with Gasteiger partial charge in [-0.2, -0.15) is 18.3 Å². The first-order chi connectivity index (χ1) is 19.4. The van der Waals surface area contributed by atoms with Crippen molar-refractivity contribution in [1.82, 2.24) is 35.5 Å². The third-order valence-electron chi connectivity index (χ3n) is 9.09. The van der Waals surface area contributed by atoms with Crippen LogP contribution in [-0.4, -0.2) is 54.9 Å². The van der Waals surface area contributed by atoms with Gasteiger partial charge in [-0.05, 0) is 61.2 Å². The molecule has 15 heteroatoms. The Balaban J connectivity index is 1.16. The summed E-state index contributed by atoms with van der Waals surface area (Å²) in [7, 11) is 0. The number of carbonyl (C=O) groups excluding carboxylic acids is 2. The minimum atomic E-state index is -4.52. The average Bonchev–Trinajstić information content (AvgIpc) is 3.73. The lowest BCUT2D eigenvalue weighted by atomic mass is 9.81. The summed E-state index contributed by atoms with van der Waals surface area (Å²) in [5.41, 5.74) is 0.781. The maximum absolute atomic E-state index is 14.0. The van der Waals surface area contributed by atoms with Crippen LogP contribution in [0.1, 0.15) is 96.7 Å². The zero-order chi connectivity index (χ0) is 28.7. The quantitative estimate of drug-likeness (QED) is 0.419. The second-order valence-electron chi connectivity index (χ2n) is 11.9. The fourth-order valence-corrected chi connectivity index (χ4v) is 6.49. The number of nitrogens with one attached hydrogen (secondary N) is 2. The van der Waals surface area contributed by atoms with E-state index >= 15 is 0 Å². The topological polar surface area (TPSA) is 127 Å². The molecule has 41 heavy (non-hydrogen) atoms. The summed E-state index contributed by atoms with van der Waals surface area (Å²) < 4.78 is 73.9. The first-order valence-electron chi connectivity index (χ1n) is 13.7. The smallest absolute Gasteiger partial charge is 0.344 e. The Kier molecular flexibility index (Phi) is 5.72. The van der Waals surface area contributed by atoms with E-state index in [9.17, 15) is 31.5 Å². The van der Waals surface area contributed by atoms with Gasteiger partial charge in [0.05, 0.1) is 29.5 Å². The number of halogens is 5. The highest BCUT2D eigenvalue weighted by Gasteiger charge is 2.68. The van der Waals surface area contributed by atoms with Crippen LogP contribution in [0.25, 0.3) is 5.65 Å². The van der Waals surface area contributed by atoms with Gasteiger partial charge in [-0.3, -0.25) is 9.59 Å². The molecule has 0 radical (unpaired) electrons. The summed E-state index contributed by atoms with van der Waals surface area (Å²) in [6, 6.07) is -0.930. The summed E-state index contributed by atoms with van der Waals surface area (Å²) >= 11 is 0. The average molecular weight is 580 g/mol. The van der Waals surface area contributed by atoms with Gasteiger partial charge in [0, 0.05) is 24.7 Å². The van der Waals surface area contributed by atoms with Crippen molar-refractivity contribution < 1.29 is 36.2 Å². The minimum absolute atomic E-state index is 0.0637. The van der Waals surface area contributed by atoms with Crippen molar-refractivity contribution in [2.24, 2.45) is 11.3 Å². The third-order valence-corrected chi connectivity index (χ3v) is 9.09. The SMILES string of the molecule is O=C(N[C@H](c1cn2ncc([C@@H]3C[C@@]34C[C@@H](C(F)(F)F)NC4=O)cc2n1)C1CCC(F)(F)CC1)c1nonc1C1CC1. The molecule has 10 nitrogen and oxygen atoms in total. The highest BCUT2D eigenvalue weighted by molar-refractivity contribution is 5.93. The van der Waals surface area contributed by atoms with Gasteiger partial charge in [-0.25, -0.2) is 22.9 Å². The van der Waals surface area contributed by atoms with E-state index in [-0.39, 0.29) is 56.1 Å². The van der Waals surface area contributed by atoms with Gasteiger partial charge < -0.3 is 10.6 Å². The van der Waals surface area contributed by atoms with Crippen molar-refractivity contribution in [3.8, 4) is 0 Å². The van der Waals surface area contributed by atoms with Crippen molar-refractivity contribution in [1.29, 1.82) is 0 Å². The molecule has 2 N–H and O–H groups in total. The molecule has 3 aliphatic carbocycles. The number of amides is 2. The number of aromatic nitrogens is 5. The Morgan fingerprint density at radius 2 is 1.90 bits per heavy atom. The molecular weight excluding hydrogens is 553 g/mol. The van der Waals surface area contributed by atoms with Crippen LogP contribution in [0.5, 0.6) is 0 Å². The molecule has 3 aromatic heterocycles. The lowest BCUT2D eigenvalue weighted by Gasteiger charge is -2.33. The van der Waals surface area contributed by atoms with E-state index in [1.54, 1.807) is 12.3 Å². The van der Waals surface area contributed by atoms with Gasteiger partial charge in [0.25, 0.3) is 5.91 Å². The number of hydrogen-bond acceptors (Lipinski definition) is 7. The Morgan fingerprint density at radius 3 is 2.59 bits per heavy atom. The van der Waals surface area contributed by atoms with Crippen LogP contribution >= 0.6 is 0 Å². The van der Waals surface area contributed by atoms with Crippen LogP contribution in [0, 0.1) is 11.3 Å². The zero-order valence-corrected chi connectivity index (χ0v) is 21.6. The molecule has 4 fully saturated rings. The molecule has 7 rings (SSSR count). The largest absolute Gasteiger partial charge is 0.408 e. The molecule has 4 aliphatic rings. The Hall–Kier alpha value is -3.65. The van der Waals surface area contributed by atoms with Gasteiger partial charge in [0.15, 0.2) is 11.3 Å². The van der Waals surface area contributed by atoms with Crippen LogP contribution in [0.3, 0.4) is 0 Å². The summed E-state index contributed by atoms with van der Waals surface area (Å²) in [4.78, 5) is 30.4. The minimum Gasteiger partial charge on any atom is -0.344 e. The van der Waals surface area contributed by atoms with E-state index < -0.39 is 47.3 Å². The first kappa shape index (κ1) is 26.3. The van der Waals surface area contributed by atoms with Gasteiger partial charge in [0.1, 0.15) is 11.7 Å². The summed E-state index contributed by atoms with van der Waals surface area (Å²) in [6.45, 7) is 0. The van der Waals surface area contributed by atoms with Gasteiger partial charge in [-0.1, -0.05) is 5.16 Å². The maximum Gasteiger partial charge on any atom is 0.408 e. The van der Waals surface area contributed by atoms with Crippen LogP contribution in [0.15, 0.2) is 23.1 Å². The van der Waals surface area contributed by atoms with E-state index in [0.29, 0.717) is 22.6 Å². The van der Waals surface area contributed by atoms with Crippen LogP contribution < -0.4 is 10.6 Å². The fourth-order valence-electron chi connectivity index (χ4n) is 6.49. The van der Waals surface area contributed by atoms with E-state index in [2.05, 4.69) is 31.0 Å².